The number of ether oxygens (including phenoxy) is 3. The molecule has 114 valence electrons. The molecule has 1 aromatic carbocycles. The quantitative estimate of drug-likeness (QED) is 0.841. The molecule has 0 saturated carbocycles. The highest BCUT2D eigenvalue weighted by molar-refractivity contribution is 6.00. The molecule has 0 fully saturated rings. The minimum Gasteiger partial charge on any atom is -0.468 e. The van der Waals surface area contributed by atoms with Gasteiger partial charge in [-0.15, -0.1) is 0 Å². The van der Waals surface area contributed by atoms with E-state index in [2.05, 4.69) is 4.74 Å². The molecule has 0 saturated heterocycles. The molecule has 3 atom stereocenters. The van der Waals surface area contributed by atoms with Crippen molar-refractivity contribution in [2.24, 2.45) is 11.8 Å². The van der Waals surface area contributed by atoms with Gasteiger partial charge in [-0.05, 0) is 6.07 Å². The van der Waals surface area contributed by atoms with Gasteiger partial charge in [-0.3, -0.25) is 15.0 Å². The van der Waals surface area contributed by atoms with Crippen molar-refractivity contribution in [3.63, 3.8) is 0 Å². The highest BCUT2D eigenvalue weighted by Crippen LogP contribution is 2.43. The Labute approximate surface area is 126 Å². The summed E-state index contributed by atoms with van der Waals surface area (Å²) in [5.41, 5.74) is 0.492. The van der Waals surface area contributed by atoms with E-state index in [1.807, 2.05) is 6.07 Å². The van der Waals surface area contributed by atoms with Crippen molar-refractivity contribution in [3.05, 3.63) is 29.8 Å². The van der Waals surface area contributed by atoms with Crippen LogP contribution >= 0.6 is 0 Å². The number of rotatable bonds is 3. The van der Waals surface area contributed by atoms with Crippen LogP contribution in [0.4, 0.5) is 0 Å². The van der Waals surface area contributed by atoms with E-state index in [0.29, 0.717) is 11.3 Å². The van der Waals surface area contributed by atoms with E-state index < -0.39 is 29.7 Å². The lowest BCUT2D eigenvalue weighted by Gasteiger charge is -2.33. The molecule has 0 aliphatic carbocycles. The summed E-state index contributed by atoms with van der Waals surface area (Å²) in [6.45, 7) is 0. The molecule has 1 heterocycles. The summed E-state index contributed by atoms with van der Waals surface area (Å²) in [5, 5.41) is 17.3. The molecule has 0 radical (unpaired) electrons. The fraction of sp³-hybridized carbons (Fsp3) is 0.333. The average molecular weight is 302 g/mol. The second-order valence-corrected chi connectivity index (χ2v) is 4.66. The van der Waals surface area contributed by atoms with Crippen LogP contribution in [0.5, 0.6) is 5.75 Å². The molecule has 1 aromatic rings. The smallest absolute Gasteiger partial charge is 0.323 e. The molecular formula is C15H14N2O5. The zero-order valence-corrected chi connectivity index (χ0v) is 12.0. The third-order valence-electron chi connectivity index (χ3n) is 3.55. The normalized spacial score (nSPS) is 20.9. The van der Waals surface area contributed by atoms with Gasteiger partial charge in [-0.2, -0.15) is 5.26 Å². The third-order valence-corrected chi connectivity index (χ3v) is 3.55. The fourth-order valence-electron chi connectivity index (χ4n) is 2.53. The molecule has 0 amide bonds. The first-order valence-electron chi connectivity index (χ1n) is 6.45. The highest BCUT2D eigenvalue weighted by Gasteiger charge is 2.48. The Morgan fingerprint density at radius 1 is 1.32 bits per heavy atom. The third kappa shape index (κ3) is 2.51. The van der Waals surface area contributed by atoms with Crippen LogP contribution in [-0.2, 0) is 19.1 Å². The number of hydrogen-bond acceptors (Lipinski definition) is 7. The van der Waals surface area contributed by atoms with Crippen molar-refractivity contribution in [1.82, 2.24) is 0 Å². The zero-order chi connectivity index (χ0) is 16.3. The van der Waals surface area contributed by atoms with E-state index in [0.717, 1.165) is 7.11 Å². The van der Waals surface area contributed by atoms with Gasteiger partial charge in [-0.25, -0.2) is 0 Å². The second kappa shape index (κ2) is 6.26. The molecule has 1 N–H and O–H groups in total. The topological polar surface area (TPSA) is 109 Å². The van der Waals surface area contributed by atoms with Crippen LogP contribution < -0.4 is 4.74 Å². The van der Waals surface area contributed by atoms with Crippen molar-refractivity contribution in [1.29, 1.82) is 10.7 Å². The first-order chi connectivity index (χ1) is 10.5. The number of carbonyl (C=O) groups is 2. The van der Waals surface area contributed by atoms with E-state index in [9.17, 15) is 14.9 Å². The van der Waals surface area contributed by atoms with Gasteiger partial charge in [0.25, 0.3) is 0 Å². The summed E-state index contributed by atoms with van der Waals surface area (Å²) in [4.78, 5) is 23.9. The van der Waals surface area contributed by atoms with Gasteiger partial charge in [0.15, 0.2) is 5.92 Å². The molecular weight excluding hydrogens is 288 g/mol. The Hall–Kier alpha value is -2.88. The lowest BCUT2D eigenvalue weighted by Crippen LogP contribution is -2.42. The van der Waals surface area contributed by atoms with E-state index in [1.165, 1.54) is 7.11 Å². The summed E-state index contributed by atoms with van der Waals surface area (Å²) in [6.07, 6.45) is 0. The van der Waals surface area contributed by atoms with Gasteiger partial charge >= 0.3 is 11.9 Å². The van der Waals surface area contributed by atoms with Crippen molar-refractivity contribution in [2.75, 3.05) is 14.2 Å². The van der Waals surface area contributed by atoms with Crippen LogP contribution in [0.15, 0.2) is 24.3 Å². The second-order valence-electron chi connectivity index (χ2n) is 4.66. The van der Waals surface area contributed by atoms with Crippen LogP contribution in [0.3, 0.4) is 0 Å². The van der Waals surface area contributed by atoms with Crippen molar-refractivity contribution in [3.8, 4) is 11.8 Å². The van der Waals surface area contributed by atoms with Gasteiger partial charge in [0.2, 0.25) is 5.90 Å². The molecule has 3 unspecified atom stereocenters. The molecule has 1 aliphatic rings. The standard InChI is InChI=1S/C15H14N2O5/c1-20-14(18)9(7-16)11-8-5-3-4-6-10(8)22-13(17)12(11)15(19)21-2/h3-6,9,11-12,17H,1-2H3. The number of methoxy groups -OCH3 is 2. The number of nitrogens with zero attached hydrogens (tertiary/aromatic N) is 1. The number of carbonyl (C=O) groups excluding carboxylic acids is 2. The summed E-state index contributed by atoms with van der Waals surface area (Å²) in [6, 6.07) is 8.51. The molecule has 22 heavy (non-hydrogen) atoms. The van der Waals surface area contributed by atoms with Crippen molar-refractivity contribution in [2.45, 2.75) is 5.92 Å². The fourth-order valence-corrected chi connectivity index (χ4v) is 2.53. The van der Waals surface area contributed by atoms with Crippen LogP contribution in [0, 0.1) is 28.6 Å². The van der Waals surface area contributed by atoms with Crippen LogP contribution in [0.2, 0.25) is 0 Å². The zero-order valence-electron chi connectivity index (χ0n) is 12.0. The van der Waals surface area contributed by atoms with E-state index in [4.69, 9.17) is 14.9 Å². The summed E-state index contributed by atoms with van der Waals surface area (Å²) >= 11 is 0. The molecule has 7 heteroatoms. The monoisotopic (exact) mass is 302 g/mol. The lowest BCUT2D eigenvalue weighted by molar-refractivity contribution is -0.147. The van der Waals surface area contributed by atoms with Gasteiger partial charge in [0.05, 0.1) is 20.3 Å². The minimum absolute atomic E-state index is 0.335. The van der Waals surface area contributed by atoms with Gasteiger partial charge in [0, 0.05) is 11.5 Å². The van der Waals surface area contributed by atoms with E-state index in [-0.39, 0.29) is 5.90 Å². The van der Waals surface area contributed by atoms with Crippen LogP contribution in [0.1, 0.15) is 11.5 Å². The van der Waals surface area contributed by atoms with Crippen LogP contribution in [-0.4, -0.2) is 32.1 Å². The predicted molar refractivity (Wildman–Crippen MR) is 74.2 cm³/mol. The van der Waals surface area contributed by atoms with Gasteiger partial charge in [0.1, 0.15) is 11.7 Å². The number of esters is 2. The minimum atomic E-state index is -1.25. The van der Waals surface area contributed by atoms with Gasteiger partial charge < -0.3 is 14.2 Å². The highest BCUT2D eigenvalue weighted by atomic mass is 16.5. The Balaban J connectivity index is 2.60. The molecule has 0 bridgehead atoms. The number of fused-ring (bicyclic) bond motifs is 1. The van der Waals surface area contributed by atoms with Crippen LogP contribution in [0.25, 0.3) is 0 Å². The number of benzene rings is 1. The summed E-state index contributed by atoms with van der Waals surface area (Å²) in [7, 11) is 2.34. The summed E-state index contributed by atoms with van der Waals surface area (Å²) < 4.78 is 14.7. The maximum Gasteiger partial charge on any atom is 0.323 e. The molecule has 0 spiro atoms. The Bertz CT molecular complexity index is 664. The maximum atomic E-state index is 12.0. The number of nitrogens with one attached hydrogen (secondary N) is 1. The molecule has 0 aromatic heterocycles. The van der Waals surface area contributed by atoms with E-state index in [1.54, 1.807) is 24.3 Å². The van der Waals surface area contributed by atoms with E-state index >= 15 is 0 Å². The Kier molecular flexibility index (Phi) is 4.41. The van der Waals surface area contributed by atoms with Crippen molar-refractivity contribution < 1.29 is 23.8 Å². The maximum absolute atomic E-state index is 12.0. The molecule has 1 aliphatic heterocycles. The summed E-state index contributed by atoms with van der Waals surface area (Å²) in [5.74, 6) is -4.87. The first-order valence-corrected chi connectivity index (χ1v) is 6.45. The number of hydrogen-bond donors (Lipinski definition) is 1. The van der Waals surface area contributed by atoms with Gasteiger partial charge in [-0.1, -0.05) is 18.2 Å². The molecule has 7 nitrogen and oxygen atoms in total. The largest absolute Gasteiger partial charge is 0.468 e. The predicted octanol–water partition coefficient (Wildman–Crippen LogP) is 1.24. The SMILES string of the molecule is COC(=O)C(C#N)C1c2ccccc2OC(=N)C1C(=O)OC. The Morgan fingerprint density at radius 3 is 2.59 bits per heavy atom. The van der Waals surface area contributed by atoms with Crippen molar-refractivity contribution >= 4 is 17.8 Å². The number of nitriles is 1. The molecule has 2 rings (SSSR count). The number of para-hydroxylation sites is 1. The first kappa shape index (κ1) is 15.5. The Morgan fingerprint density at radius 2 is 2.00 bits per heavy atom. The average Bonchev–Trinajstić information content (AvgIpc) is 2.54. The lowest BCUT2D eigenvalue weighted by atomic mass is 9.75.